The third-order valence-electron chi connectivity index (χ3n) is 3.32. The second-order valence-corrected chi connectivity index (χ2v) is 5.04. The third kappa shape index (κ3) is 2.77. The van der Waals surface area contributed by atoms with E-state index in [1.165, 1.54) is 0 Å². The summed E-state index contributed by atoms with van der Waals surface area (Å²) in [5, 5.41) is 7.04. The minimum atomic E-state index is -0.384. The number of aromatic nitrogens is 2. The number of piperazine rings is 1. The van der Waals surface area contributed by atoms with Crippen molar-refractivity contribution in [2.45, 2.75) is 45.8 Å². The normalized spacial score (nSPS) is 20.0. The van der Waals surface area contributed by atoms with Crippen molar-refractivity contribution < 1.29 is 9.59 Å². The van der Waals surface area contributed by atoms with E-state index in [-0.39, 0.29) is 30.4 Å². The van der Waals surface area contributed by atoms with Crippen molar-refractivity contribution in [1.29, 1.82) is 0 Å². The Kier molecular flexibility index (Phi) is 3.87. The first kappa shape index (κ1) is 13.6. The summed E-state index contributed by atoms with van der Waals surface area (Å²) in [6.45, 7) is 6.48. The molecule has 1 fully saturated rings. The van der Waals surface area contributed by atoms with E-state index in [4.69, 9.17) is 0 Å². The largest absolute Gasteiger partial charge is 0.345 e. The summed E-state index contributed by atoms with van der Waals surface area (Å²) in [6, 6.07) is 1.80. The van der Waals surface area contributed by atoms with Crippen LogP contribution in [0.25, 0.3) is 0 Å². The van der Waals surface area contributed by atoms with Crippen LogP contribution < -0.4 is 5.32 Å². The number of carbonyl (C=O) groups is 2. The average molecular weight is 264 g/mol. The van der Waals surface area contributed by atoms with Crippen molar-refractivity contribution in [2.24, 2.45) is 0 Å². The molecule has 6 heteroatoms. The van der Waals surface area contributed by atoms with Gasteiger partial charge in [0.25, 0.3) is 0 Å². The lowest BCUT2D eigenvalue weighted by Crippen LogP contribution is -2.57. The van der Waals surface area contributed by atoms with Crippen LogP contribution in [0.3, 0.4) is 0 Å². The van der Waals surface area contributed by atoms with Crippen molar-refractivity contribution >= 4 is 11.8 Å². The first-order valence-electron chi connectivity index (χ1n) is 6.64. The van der Waals surface area contributed by atoms with Crippen molar-refractivity contribution in [1.82, 2.24) is 20.0 Å². The van der Waals surface area contributed by atoms with Gasteiger partial charge in [-0.1, -0.05) is 6.92 Å². The van der Waals surface area contributed by atoms with Gasteiger partial charge < -0.3 is 10.2 Å². The van der Waals surface area contributed by atoms with Gasteiger partial charge >= 0.3 is 0 Å². The molecule has 0 aromatic carbocycles. The SMILES string of the molecule is CCC1C(=O)NCC(=O)N1Cc1ccn(C(C)C)n1. The Bertz CT molecular complexity index is 481. The lowest BCUT2D eigenvalue weighted by molar-refractivity contribution is -0.146. The fourth-order valence-corrected chi connectivity index (χ4v) is 2.23. The summed E-state index contributed by atoms with van der Waals surface area (Å²) in [5.41, 5.74) is 0.815. The molecular weight excluding hydrogens is 244 g/mol. The van der Waals surface area contributed by atoms with E-state index in [2.05, 4.69) is 10.4 Å². The first-order chi connectivity index (χ1) is 9.02. The highest BCUT2D eigenvalue weighted by atomic mass is 16.2. The quantitative estimate of drug-likeness (QED) is 0.870. The number of hydrogen-bond acceptors (Lipinski definition) is 3. The lowest BCUT2D eigenvalue weighted by atomic mass is 10.1. The number of hydrogen-bond donors (Lipinski definition) is 1. The zero-order valence-electron chi connectivity index (χ0n) is 11.6. The van der Waals surface area contributed by atoms with Gasteiger partial charge in [-0.05, 0) is 26.3 Å². The van der Waals surface area contributed by atoms with E-state index in [9.17, 15) is 9.59 Å². The third-order valence-corrected chi connectivity index (χ3v) is 3.32. The Labute approximate surface area is 112 Å². The molecule has 1 aromatic rings. The van der Waals surface area contributed by atoms with E-state index in [1.807, 2.05) is 37.7 Å². The van der Waals surface area contributed by atoms with E-state index >= 15 is 0 Å². The van der Waals surface area contributed by atoms with Gasteiger partial charge in [0, 0.05) is 12.2 Å². The van der Waals surface area contributed by atoms with Gasteiger partial charge in [-0.2, -0.15) is 5.10 Å². The van der Waals surface area contributed by atoms with Crippen molar-refractivity contribution in [2.75, 3.05) is 6.54 Å². The van der Waals surface area contributed by atoms with E-state index < -0.39 is 0 Å². The highest BCUT2D eigenvalue weighted by Gasteiger charge is 2.33. The predicted molar refractivity (Wildman–Crippen MR) is 70.3 cm³/mol. The van der Waals surface area contributed by atoms with Crippen LogP contribution in [0.1, 0.15) is 38.9 Å². The maximum Gasteiger partial charge on any atom is 0.243 e. The van der Waals surface area contributed by atoms with Crippen molar-refractivity contribution in [3.8, 4) is 0 Å². The number of carbonyl (C=O) groups excluding carboxylic acids is 2. The first-order valence-corrected chi connectivity index (χ1v) is 6.64. The lowest BCUT2D eigenvalue weighted by Gasteiger charge is -2.33. The number of nitrogens with one attached hydrogen (secondary N) is 1. The molecule has 1 atom stereocenters. The van der Waals surface area contributed by atoms with Gasteiger partial charge in [0.1, 0.15) is 6.04 Å². The van der Waals surface area contributed by atoms with E-state index in [0.29, 0.717) is 13.0 Å². The Morgan fingerprint density at radius 2 is 2.21 bits per heavy atom. The van der Waals surface area contributed by atoms with Gasteiger partial charge in [0.2, 0.25) is 11.8 Å². The van der Waals surface area contributed by atoms with E-state index in [1.54, 1.807) is 4.90 Å². The number of rotatable bonds is 4. The fourth-order valence-electron chi connectivity index (χ4n) is 2.23. The molecule has 19 heavy (non-hydrogen) atoms. The molecular formula is C13H20N4O2. The smallest absolute Gasteiger partial charge is 0.243 e. The van der Waals surface area contributed by atoms with Crippen LogP contribution in [0, 0.1) is 0 Å². The monoisotopic (exact) mass is 264 g/mol. The second kappa shape index (κ2) is 5.42. The molecule has 2 heterocycles. The van der Waals surface area contributed by atoms with Crippen LogP contribution in [0.4, 0.5) is 0 Å². The summed E-state index contributed by atoms with van der Waals surface area (Å²) in [6.07, 6.45) is 2.51. The summed E-state index contributed by atoms with van der Waals surface area (Å²) in [5.74, 6) is -0.129. The highest BCUT2D eigenvalue weighted by Crippen LogP contribution is 2.14. The molecule has 0 spiro atoms. The van der Waals surface area contributed by atoms with Gasteiger partial charge in [0.05, 0.1) is 18.8 Å². The molecule has 0 saturated carbocycles. The van der Waals surface area contributed by atoms with E-state index in [0.717, 1.165) is 5.69 Å². The Hall–Kier alpha value is -1.85. The summed E-state index contributed by atoms with van der Waals surface area (Å²) in [7, 11) is 0. The minimum Gasteiger partial charge on any atom is -0.345 e. The molecule has 1 saturated heterocycles. The minimum absolute atomic E-state index is 0.0504. The van der Waals surface area contributed by atoms with Crippen LogP contribution in [0.2, 0.25) is 0 Å². The van der Waals surface area contributed by atoms with Gasteiger partial charge in [0.15, 0.2) is 0 Å². The molecule has 0 bridgehead atoms. The molecule has 0 radical (unpaired) electrons. The molecule has 1 aliphatic heterocycles. The highest BCUT2D eigenvalue weighted by molar-refractivity contribution is 5.94. The molecule has 1 aromatic heterocycles. The van der Waals surface area contributed by atoms with Crippen LogP contribution in [0.15, 0.2) is 12.3 Å². The molecule has 1 aliphatic rings. The zero-order valence-corrected chi connectivity index (χ0v) is 11.6. The fraction of sp³-hybridized carbons (Fsp3) is 0.615. The van der Waals surface area contributed by atoms with Crippen LogP contribution in [-0.2, 0) is 16.1 Å². The predicted octanol–water partition coefficient (Wildman–Crippen LogP) is 0.701. The Morgan fingerprint density at radius 3 is 2.79 bits per heavy atom. The summed E-state index contributed by atoms with van der Waals surface area (Å²) < 4.78 is 1.85. The van der Waals surface area contributed by atoms with Crippen molar-refractivity contribution in [3.63, 3.8) is 0 Å². The zero-order chi connectivity index (χ0) is 14.0. The van der Waals surface area contributed by atoms with Crippen LogP contribution in [-0.4, -0.2) is 39.1 Å². The second-order valence-electron chi connectivity index (χ2n) is 5.04. The van der Waals surface area contributed by atoms with Gasteiger partial charge in [-0.25, -0.2) is 0 Å². The summed E-state index contributed by atoms with van der Waals surface area (Å²) >= 11 is 0. The molecule has 1 N–H and O–H groups in total. The molecule has 0 aliphatic carbocycles. The molecule has 2 amide bonds. The molecule has 6 nitrogen and oxygen atoms in total. The number of nitrogens with zero attached hydrogens (tertiary/aromatic N) is 3. The average Bonchev–Trinajstić information content (AvgIpc) is 2.83. The standard InChI is InChI=1S/C13H20N4O2/c1-4-11-13(19)14-7-12(18)16(11)8-10-5-6-17(15-10)9(2)3/h5-6,9,11H,4,7-8H2,1-3H3,(H,14,19). The van der Waals surface area contributed by atoms with Crippen LogP contribution in [0.5, 0.6) is 0 Å². The Balaban J connectivity index is 2.14. The number of amides is 2. The molecule has 1 unspecified atom stereocenters. The van der Waals surface area contributed by atoms with Crippen molar-refractivity contribution in [3.05, 3.63) is 18.0 Å². The maximum atomic E-state index is 11.9. The Morgan fingerprint density at radius 1 is 1.47 bits per heavy atom. The summed E-state index contributed by atoms with van der Waals surface area (Å²) in [4.78, 5) is 25.3. The maximum absolute atomic E-state index is 11.9. The molecule has 2 rings (SSSR count). The van der Waals surface area contributed by atoms with Gasteiger partial charge in [-0.3, -0.25) is 14.3 Å². The van der Waals surface area contributed by atoms with Gasteiger partial charge in [-0.15, -0.1) is 0 Å². The molecule has 104 valence electrons. The topological polar surface area (TPSA) is 67.2 Å². The van der Waals surface area contributed by atoms with Crippen LogP contribution >= 0.6 is 0 Å².